The van der Waals surface area contributed by atoms with Crippen LogP contribution in [0.2, 0.25) is 0 Å². The minimum absolute atomic E-state index is 0.275. The first-order valence-corrected chi connectivity index (χ1v) is 9.43. The Labute approximate surface area is 160 Å². The summed E-state index contributed by atoms with van der Waals surface area (Å²) in [7, 11) is 4.03. The van der Waals surface area contributed by atoms with Crippen LogP contribution in [0.4, 0.5) is 17.1 Å². The lowest BCUT2D eigenvalue weighted by molar-refractivity contribution is 0.282. The van der Waals surface area contributed by atoms with Gasteiger partial charge in [-0.05, 0) is 55.3 Å². The number of fused-ring (bicyclic) bond motifs is 1. The summed E-state index contributed by atoms with van der Waals surface area (Å²) in [6, 6.07) is 14.0. The molecule has 3 aromatic rings. The fourth-order valence-corrected chi connectivity index (χ4v) is 2.96. The number of aliphatic hydroxyl groups is 1. The van der Waals surface area contributed by atoms with Gasteiger partial charge in [-0.25, -0.2) is 0 Å². The van der Waals surface area contributed by atoms with E-state index in [1.54, 1.807) is 0 Å². The lowest BCUT2D eigenvalue weighted by atomic mass is 10.2. The summed E-state index contributed by atoms with van der Waals surface area (Å²) < 4.78 is 2.03. The van der Waals surface area contributed by atoms with Crippen molar-refractivity contribution in [3.63, 3.8) is 0 Å². The van der Waals surface area contributed by atoms with E-state index in [2.05, 4.69) is 20.2 Å². The number of unbranched alkanes of at least 4 members (excludes halogenated alkanes) is 3. The molecule has 0 unspecified atom stereocenters. The molecule has 1 aromatic heterocycles. The van der Waals surface area contributed by atoms with Crippen LogP contribution in [0, 0.1) is 0 Å². The van der Waals surface area contributed by atoms with Crippen molar-refractivity contribution < 1.29 is 5.11 Å². The van der Waals surface area contributed by atoms with Gasteiger partial charge in [-0.1, -0.05) is 12.8 Å². The van der Waals surface area contributed by atoms with Crippen LogP contribution in [0.15, 0.2) is 58.9 Å². The van der Waals surface area contributed by atoms with E-state index in [9.17, 15) is 0 Å². The second-order valence-electron chi connectivity index (χ2n) is 6.86. The Bertz CT molecular complexity index is 883. The zero-order chi connectivity index (χ0) is 19.1. The third-order valence-electron chi connectivity index (χ3n) is 4.55. The van der Waals surface area contributed by atoms with Gasteiger partial charge < -0.3 is 10.0 Å². The first kappa shape index (κ1) is 19.0. The number of anilines is 1. The van der Waals surface area contributed by atoms with Gasteiger partial charge in [0.25, 0.3) is 0 Å². The van der Waals surface area contributed by atoms with E-state index in [1.165, 1.54) is 0 Å². The maximum Gasteiger partial charge on any atom is 0.0878 e. The molecule has 0 bridgehead atoms. The molecule has 1 N–H and O–H groups in total. The van der Waals surface area contributed by atoms with Gasteiger partial charge in [0.05, 0.1) is 23.1 Å². The van der Waals surface area contributed by atoms with Crippen LogP contribution in [0.3, 0.4) is 0 Å². The standard InChI is InChI=1S/C21H27N5O/c1-25(2)20-11-9-18(10-12-20)23-24-19-8-7-17-16-22-26(21(17)15-19)13-5-3-4-6-14-27/h7-12,15-16,27H,3-6,13-14H2,1-2H3. The molecular weight excluding hydrogens is 338 g/mol. The highest BCUT2D eigenvalue weighted by molar-refractivity contribution is 5.81. The lowest BCUT2D eigenvalue weighted by Gasteiger charge is -2.11. The van der Waals surface area contributed by atoms with Crippen LogP contribution in [-0.2, 0) is 6.54 Å². The van der Waals surface area contributed by atoms with Crippen LogP contribution in [-0.4, -0.2) is 35.6 Å². The fourth-order valence-electron chi connectivity index (χ4n) is 2.96. The first-order valence-electron chi connectivity index (χ1n) is 9.43. The van der Waals surface area contributed by atoms with Crippen molar-refractivity contribution in [3.8, 4) is 0 Å². The summed E-state index contributed by atoms with van der Waals surface area (Å²) in [5.41, 5.74) is 3.87. The Hall–Kier alpha value is -2.73. The number of azo groups is 1. The van der Waals surface area contributed by atoms with Crippen molar-refractivity contribution in [2.24, 2.45) is 10.2 Å². The average molecular weight is 365 g/mol. The van der Waals surface area contributed by atoms with Crippen molar-refractivity contribution in [2.75, 3.05) is 25.6 Å². The molecular formula is C21H27N5O. The predicted octanol–water partition coefficient (Wildman–Crippen LogP) is 5.07. The number of nitrogens with zero attached hydrogens (tertiary/aromatic N) is 5. The molecule has 0 saturated heterocycles. The van der Waals surface area contributed by atoms with Crippen LogP contribution in [0.25, 0.3) is 10.9 Å². The van der Waals surface area contributed by atoms with E-state index < -0.39 is 0 Å². The fraction of sp³-hybridized carbons (Fsp3) is 0.381. The van der Waals surface area contributed by atoms with Crippen molar-refractivity contribution in [1.29, 1.82) is 0 Å². The van der Waals surface area contributed by atoms with E-state index in [-0.39, 0.29) is 6.61 Å². The quantitative estimate of drug-likeness (QED) is 0.425. The summed E-state index contributed by atoms with van der Waals surface area (Å²) in [6.45, 7) is 1.15. The molecule has 0 aliphatic heterocycles. The predicted molar refractivity (Wildman–Crippen MR) is 110 cm³/mol. The maximum atomic E-state index is 8.85. The van der Waals surface area contributed by atoms with Gasteiger partial charge in [-0.15, -0.1) is 0 Å². The van der Waals surface area contributed by atoms with E-state index in [0.29, 0.717) is 0 Å². The number of aliphatic hydroxyl groups excluding tert-OH is 1. The van der Waals surface area contributed by atoms with Crippen molar-refractivity contribution in [1.82, 2.24) is 9.78 Å². The Balaban J connectivity index is 1.68. The molecule has 0 saturated carbocycles. The van der Waals surface area contributed by atoms with Gasteiger partial charge in [0, 0.05) is 38.3 Å². The largest absolute Gasteiger partial charge is 0.396 e. The molecule has 0 aliphatic carbocycles. The Morgan fingerprint density at radius 3 is 2.37 bits per heavy atom. The molecule has 0 spiro atoms. The SMILES string of the molecule is CN(C)c1ccc(N=Nc2ccc3cnn(CCCCCCO)c3c2)cc1. The van der Waals surface area contributed by atoms with E-state index in [4.69, 9.17) is 5.11 Å². The van der Waals surface area contributed by atoms with Gasteiger partial charge >= 0.3 is 0 Å². The normalized spacial score (nSPS) is 11.5. The molecule has 6 heteroatoms. The molecule has 27 heavy (non-hydrogen) atoms. The van der Waals surface area contributed by atoms with Gasteiger partial charge in [0.15, 0.2) is 0 Å². The van der Waals surface area contributed by atoms with Crippen molar-refractivity contribution >= 4 is 28.0 Å². The topological polar surface area (TPSA) is 66.0 Å². The molecule has 142 valence electrons. The molecule has 0 fully saturated rings. The van der Waals surface area contributed by atoms with E-state index in [0.717, 1.165) is 60.2 Å². The molecule has 0 atom stereocenters. The number of benzene rings is 2. The van der Waals surface area contributed by atoms with Crippen molar-refractivity contribution in [2.45, 2.75) is 32.2 Å². The molecule has 2 aromatic carbocycles. The minimum Gasteiger partial charge on any atom is -0.396 e. The second kappa shape index (κ2) is 9.28. The number of hydrogen-bond donors (Lipinski definition) is 1. The molecule has 0 aliphatic rings. The minimum atomic E-state index is 0.275. The highest BCUT2D eigenvalue weighted by atomic mass is 16.2. The van der Waals surface area contributed by atoms with Crippen LogP contribution >= 0.6 is 0 Å². The lowest BCUT2D eigenvalue weighted by Crippen LogP contribution is -2.07. The van der Waals surface area contributed by atoms with Crippen LogP contribution in [0.5, 0.6) is 0 Å². The first-order chi connectivity index (χ1) is 13.2. The summed E-state index contributed by atoms with van der Waals surface area (Å²) in [5, 5.41) is 23.2. The summed E-state index contributed by atoms with van der Waals surface area (Å²) in [6.07, 6.45) is 5.98. The molecule has 6 nitrogen and oxygen atoms in total. The number of hydrogen-bond acceptors (Lipinski definition) is 5. The Kier molecular flexibility index (Phi) is 6.54. The van der Waals surface area contributed by atoms with Gasteiger partial charge in [-0.3, -0.25) is 4.68 Å². The van der Waals surface area contributed by atoms with Gasteiger partial charge in [0.2, 0.25) is 0 Å². The Morgan fingerprint density at radius 2 is 1.63 bits per heavy atom. The number of rotatable bonds is 9. The van der Waals surface area contributed by atoms with Crippen LogP contribution < -0.4 is 4.90 Å². The molecule has 0 radical (unpaired) electrons. The summed E-state index contributed by atoms with van der Waals surface area (Å²) >= 11 is 0. The summed E-state index contributed by atoms with van der Waals surface area (Å²) in [5.74, 6) is 0. The number of aromatic nitrogens is 2. The number of aryl methyl sites for hydroxylation is 1. The van der Waals surface area contributed by atoms with Crippen molar-refractivity contribution in [3.05, 3.63) is 48.7 Å². The highest BCUT2D eigenvalue weighted by Crippen LogP contribution is 2.25. The third-order valence-corrected chi connectivity index (χ3v) is 4.55. The zero-order valence-corrected chi connectivity index (χ0v) is 16.0. The van der Waals surface area contributed by atoms with E-state index in [1.807, 2.05) is 67.4 Å². The van der Waals surface area contributed by atoms with Gasteiger partial charge in [-0.2, -0.15) is 15.3 Å². The monoisotopic (exact) mass is 365 g/mol. The average Bonchev–Trinajstić information content (AvgIpc) is 3.09. The summed E-state index contributed by atoms with van der Waals surface area (Å²) in [4.78, 5) is 2.06. The van der Waals surface area contributed by atoms with E-state index >= 15 is 0 Å². The van der Waals surface area contributed by atoms with Gasteiger partial charge in [0.1, 0.15) is 0 Å². The Morgan fingerprint density at radius 1 is 0.926 bits per heavy atom. The zero-order valence-electron chi connectivity index (χ0n) is 16.0. The smallest absolute Gasteiger partial charge is 0.0878 e. The highest BCUT2D eigenvalue weighted by Gasteiger charge is 2.04. The third kappa shape index (κ3) is 5.14. The second-order valence-corrected chi connectivity index (χ2v) is 6.86. The molecule has 0 amide bonds. The molecule has 1 heterocycles. The van der Waals surface area contributed by atoms with Crippen LogP contribution in [0.1, 0.15) is 25.7 Å². The molecule has 3 rings (SSSR count). The maximum absolute atomic E-state index is 8.85.